The lowest BCUT2D eigenvalue weighted by molar-refractivity contribution is 0.594. The molecule has 2 nitrogen and oxygen atoms in total. The van der Waals surface area contributed by atoms with Gasteiger partial charge >= 0.3 is 0 Å². The average Bonchev–Trinajstić information content (AvgIpc) is 2.50. The normalized spacial score (nSPS) is 12.3. The number of halogens is 1. The lowest BCUT2D eigenvalue weighted by atomic mass is 9.94. The molecule has 0 amide bonds. The average molecular weight is 289 g/mol. The highest BCUT2D eigenvalue weighted by molar-refractivity contribution is 6.30. The first-order chi connectivity index (χ1) is 9.76. The van der Waals surface area contributed by atoms with E-state index in [1.807, 2.05) is 24.5 Å². The van der Waals surface area contributed by atoms with E-state index in [0.717, 1.165) is 24.4 Å². The van der Waals surface area contributed by atoms with Crippen LogP contribution in [0.3, 0.4) is 0 Å². The molecule has 3 heteroatoms. The number of rotatable bonds is 6. The maximum Gasteiger partial charge on any atom is 0.0580 e. The van der Waals surface area contributed by atoms with Crippen LogP contribution in [0.2, 0.25) is 5.02 Å². The molecule has 20 heavy (non-hydrogen) atoms. The van der Waals surface area contributed by atoms with Crippen LogP contribution in [0.15, 0.2) is 42.7 Å². The molecule has 0 saturated carbocycles. The van der Waals surface area contributed by atoms with Gasteiger partial charge in [0.1, 0.15) is 0 Å². The molecule has 0 saturated heterocycles. The lowest BCUT2D eigenvalue weighted by Gasteiger charge is -2.22. The van der Waals surface area contributed by atoms with Crippen molar-refractivity contribution < 1.29 is 0 Å². The number of benzene rings is 1. The molecule has 0 aliphatic heterocycles. The third-order valence-electron chi connectivity index (χ3n) is 3.44. The molecular formula is C17H21ClN2. The third kappa shape index (κ3) is 3.59. The highest BCUT2D eigenvalue weighted by atomic mass is 35.5. The van der Waals surface area contributed by atoms with Crippen molar-refractivity contribution in [2.24, 2.45) is 0 Å². The maximum atomic E-state index is 5.99. The summed E-state index contributed by atoms with van der Waals surface area (Å²) in [5.74, 6) is 0. The summed E-state index contributed by atoms with van der Waals surface area (Å²) in [5.41, 5.74) is 3.83. The Balaban J connectivity index is 2.38. The van der Waals surface area contributed by atoms with E-state index in [1.165, 1.54) is 16.7 Å². The standard InChI is InChI=1S/C17H21ClN2/c1-3-10-20-17(14-5-7-15(18)8-6-14)16-9-11-19-12-13(16)4-2/h5-9,11-12,17,20H,3-4,10H2,1-2H3. The summed E-state index contributed by atoms with van der Waals surface area (Å²) in [5, 5.41) is 4.40. The van der Waals surface area contributed by atoms with E-state index in [2.05, 4.69) is 42.3 Å². The van der Waals surface area contributed by atoms with Gasteiger partial charge in [0, 0.05) is 17.4 Å². The summed E-state index contributed by atoms with van der Waals surface area (Å²) in [6.07, 6.45) is 5.93. The fraction of sp³-hybridized carbons (Fsp3) is 0.353. The van der Waals surface area contributed by atoms with Gasteiger partial charge in [0.25, 0.3) is 0 Å². The monoisotopic (exact) mass is 288 g/mol. The van der Waals surface area contributed by atoms with Crippen molar-refractivity contribution in [2.75, 3.05) is 6.54 Å². The summed E-state index contributed by atoms with van der Waals surface area (Å²) >= 11 is 5.99. The zero-order valence-electron chi connectivity index (χ0n) is 12.1. The molecule has 106 valence electrons. The van der Waals surface area contributed by atoms with Crippen molar-refractivity contribution in [3.05, 3.63) is 64.4 Å². The smallest absolute Gasteiger partial charge is 0.0580 e. The molecule has 0 aliphatic carbocycles. The van der Waals surface area contributed by atoms with Crippen LogP contribution in [0.1, 0.15) is 43.0 Å². The van der Waals surface area contributed by atoms with Crippen LogP contribution in [-0.2, 0) is 6.42 Å². The third-order valence-corrected chi connectivity index (χ3v) is 3.69. The molecule has 0 aliphatic rings. The van der Waals surface area contributed by atoms with Gasteiger partial charge in [-0.1, -0.05) is 37.6 Å². The Morgan fingerprint density at radius 3 is 2.55 bits per heavy atom. The van der Waals surface area contributed by atoms with Crippen LogP contribution in [0, 0.1) is 0 Å². The molecular weight excluding hydrogens is 268 g/mol. The van der Waals surface area contributed by atoms with Gasteiger partial charge in [0.05, 0.1) is 6.04 Å². The van der Waals surface area contributed by atoms with E-state index in [-0.39, 0.29) is 6.04 Å². The van der Waals surface area contributed by atoms with Crippen molar-refractivity contribution in [3.8, 4) is 0 Å². The van der Waals surface area contributed by atoms with E-state index >= 15 is 0 Å². The van der Waals surface area contributed by atoms with Crippen LogP contribution in [-0.4, -0.2) is 11.5 Å². The second kappa shape index (κ2) is 7.41. The SMILES string of the molecule is CCCNC(c1ccc(Cl)cc1)c1ccncc1CC. The van der Waals surface area contributed by atoms with E-state index in [4.69, 9.17) is 11.6 Å². The van der Waals surface area contributed by atoms with E-state index < -0.39 is 0 Å². The van der Waals surface area contributed by atoms with Gasteiger partial charge in [-0.15, -0.1) is 0 Å². The second-order valence-corrected chi connectivity index (χ2v) is 5.30. The molecule has 2 rings (SSSR count). The Labute approximate surface area is 126 Å². The second-order valence-electron chi connectivity index (χ2n) is 4.87. The summed E-state index contributed by atoms with van der Waals surface area (Å²) in [6.45, 7) is 5.33. The summed E-state index contributed by atoms with van der Waals surface area (Å²) in [6, 6.07) is 10.4. The van der Waals surface area contributed by atoms with E-state index in [9.17, 15) is 0 Å². The first-order valence-electron chi connectivity index (χ1n) is 7.17. The number of nitrogens with one attached hydrogen (secondary N) is 1. The minimum Gasteiger partial charge on any atom is -0.306 e. The summed E-state index contributed by atoms with van der Waals surface area (Å²) < 4.78 is 0. The van der Waals surface area contributed by atoms with Gasteiger partial charge in [-0.25, -0.2) is 0 Å². The summed E-state index contributed by atoms with van der Waals surface area (Å²) in [4.78, 5) is 4.24. The van der Waals surface area contributed by atoms with Gasteiger partial charge < -0.3 is 5.32 Å². The van der Waals surface area contributed by atoms with E-state index in [0.29, 0.717) is 0 Å². The number of aryl methyl sites for hydroxylation is 1. The molecule has 1 aromatic carbocycles. The first kappa shape index (κ1) is 15.0. The number of aromatic nitrogens is 1. The van der Waals surface area contributed by atoms with Crippen LogP contribution in [0.25, 0.3) is 0 Å². The molecule has 1 heterocycles. The van der Waals surface area contributed by atoms with Crippen LogP contribution < -0.4 is 5.32 Å². The predicted octanol–water partition coefficient (Wildman–Crippen LogP) is 4.39. The van der Waals surface area contributed by atoms with Crippen LogP contribution >= 0.6 is 11.6 Å². The Morgan fingerprint density at radius 1 is 1.15 bits per heavy atom. The van der Waals surface area contributed by atoms with E-state index in [1.54, 1.807) is 0 Å². The minimum absolute atomic E-state index is 0.199. The topological polar surface area (TPSA) is 24.9 Å². The largest absolute Gasteiger partial charge is 0.306 e. The van der Waals surface area contributed by atoms with Crippen molar-refractivity contribution in [1.29, 1.82) is 0 Å². The van der Waals surface area contributed by atoms with Gasteiger partial charge in [-0.3, -0.25) is 4.98 Å². The highest BCUT2D eigenvalue weighted by Crippen LogP contribution is 2.26. The zero-order valence-corrected chi connectivity index (χ0v) is 12.8. The number of hydrogen-bond donors (Lipinski definition) is 1. The molecule has 1 atom stereocenters. The molecule has 1 aromatic heterocycles. The Hall–Kier alpha value is -1.38. The molecule has 1 unspecified atom stereocenters. The summed E-state index contributed by atoms with van der Waals surface area (Å²) in [7, 11) is 0. The van der Waals surface area contributed by atoms with Crippen LogP contribution in [0.4, 0.5) is 0 Å². The number of pyridine rings is 1. The highest BCUT2D eigenvalue weighted by Gasteiger charge is 2.16. The molecule has 0 spiro atoms. The number of hydrogen-bond acceptors (Lipinski definition) is 2. The zero-order chi connectivity index (χ0) is 14.4. The van der Waals surface area contributed by atoms with Gasteiger partial charge in [0.2, 0.25) is 0 Å². The van der Waals surface area contributed by atoms with Crippen LogP contribution in [0.5, 0.6) is 0 Å². The molecule has 1 N–H and O–H groups in total. The Bertz CT molecular complexity index is 537. The molecule has 2 aromatic rings. The number of nitrogens with zero attached hydrogens (tertiary/aromatic N) is 1. The predicted molar refractivity (Wildman–Crippen MR) is 85.2 cm³/mol. The van der Waals surface area contributed by atoms with Crippen molar-refractivity contribution in [3.63, 3.8) is 0 Å². The van der Waals surface area contributed by atoms with Gasteiger partial charge in [0.15, 0.2) is 0 Å². The fourth-order valence-electron chi connectivity index (χ4n) is 2.37. The quantitative estimate of drug-likeness (QED) is 0.853. The maximum absolute atomic E-state index is 5.99. The molecule has 0 bridgehead atoms. The first-order valence-corrected chi connectivity index (χ1v) is 7.55. The Kier molecular flexibility index (Phi) is 5.57. The van der Waals surface area contributed by atoms with Gasteiger partial charge in [-0.05, 0) is 54.3 Å². The van der Waals surface area contributed by atoms with Crippen molar-refractivity contribution in [2.45, 2.75) is 32.7 Å². The van der Waals surface area contributed by atoms with Gasteiger partial charge in [-0.2, -0.15) is 0 Å². The Morgan fingerprint density at radius 2 is 1.90 bits per heavy atom. The molecule has 0 fully saturated rings. The minimum atomic E-state index is 0.199. The fourth-order valence-corrected chi connectivity index (χ4v) is 2.49. The lowest BCUT2D eigenvalue weighted by Crippen LogP contribution is -2.24. The van der Waals surface area contributed by atoms with Crippen molar-refractivity contribution >= 4 is 11.6 Å². The molecule has 0 radical (unpaired) electrons. The van der Waals surface area contributed by atoms with Crippen molar-refractivity contribution in [1.82, 2.24) is 10.3 Å².